The number of hydrogen-bond donors (Lipinski definition) is 1. The molecule has 1 atom stereocenters. The molecule has 2 aliphatic heterocycles. The van der Waals surface area contributed by atoms with Crippen molar-refractivity contribution in [1.82, 2.24) is 20.2 Å². The zero-order valence-corrected chi connectivity index (χ0v) is 14.3. The zero-order valence-electron chi connectivity index (χ0n) is 14.3. The van der Waals surface area contributed by atoms with Crippen LogP contribution in [0, 0.1) is 0 Å². The minimum atomic E-state index is -0.0985. The van der Waals surface area contributed by atoms with Crippen LogP contribution < -0.4 is 19.5 Å². The number of piperidine rings is 1. The summed E-state index contributed by atoms with van der Waals surface area (Å²) in [6.45, 7) is 1.93. The lowest BCUT2D eigenvalue weighted by Gasteiger charge is -2.32. The summed E-state index contributed by atoms with van der Waals surface area (Å²) in [5.74, 6) is 1.99. The number of urea groups is 1. The molecule has 0 aliphatic carbocycles. The fourth-order valence-corrected chi connectivity index (χ4v) is 3.08. The number of carbonyl (C=O) groups is 1. The summed E-state index contributed by atoms with van der Waals surface area (Å²) in [6, 6.07) is 7.29. The van der Waals surface area contributed by atoms with E-state index in [1.165, 1.54) is 6.33 Å². The van der Waals surface area contributed by atoms with Crippen molar-refractivity contribution in [3.05, 3.63) is 42.4 Å². The van der Waals surface area contributed by atoms with E-state index in [2.05, 4.69) is 15.3 Å². The number of amides is 2. The first-order chi connectivity index (χ1) is 12.8. The Morgan fingerprint density at radius 3 is 3.12 bits per heavy atom. The van der Waals surface area contributed by atoms with Crippen LogP contribution in [0.1, 0.15) is 18.4 Å². The molecule has 1 aromatic heterocycles. The first kappa shape index (κ1) is 16.4. The Balaban J connectivity index is 1.30. The van der Waals surface area contributed by atoms with Crippen LogP contribution >= 0.6 is 0 Å². The highest BCUT2D eigenvalue weighted by atomic mass is 16.7. The van der Waals surface area contributed by atoms with Gasteiger partial charge in [-0.15, -0.1) is 0 Å². The number of likely N-dealkylation sites (tertiary alicyclic amines) is 1. The van der Waals surface area contributed by atoms with Crippen LogP contribution in [-0.2, 0) is 6.54 Å². The van der Waals surface area contributed by atoms with Gasteiger partial charge in [0.1, 0.15) is 12.4 Å². The molecule has 0 radical (unpaired) electrons. The molecule has 4 rings (SSSR count). The van der Waals surface area contributed by atoms with Crippen LogP contribution in [0.15, 0.2) is 36.8 Å². The van der Waals surface area contributed by atoms with E-state index in [0.29, 0.717) is 24.7 Å². The number of fused-ring (bicyclic) bond motifs is 1. The smallest absolute Gasteiger partial charge is 0.317 e. The van der Waals surface area contributed by atoms with Crippen LogP contribution in [-0.4, -0.2) is 46.9 Å². The van der Waals surface area contributed by atoms with Crippen molar-refractivity contribution in [3.63, 3.8) is 0 Å². The molecule has 2 aromatic rings. The summed E-state index contributed by atoms with van der Waals surface area (Å²) in [4.78, 5) is 22.2. The molecule has 3 heterocycles. The molecular weight excluding hydrogens is 336 g/mol. The lowest BCUT2D eigenvalue weighted by Crippen LogP contribution is -2.48. The van der Waals surface area contributed by atoms with Gasteiger partial charge in [0.05, 0.1) is 6.54 Å². The maximum Gasteiger partial charge on any atom is 0.317 e. The third kappa shape index (κ3) is 3.79. The fourth-order valence-electron chi connectivity index (χ4n) is 3.08. The van der Waals surface area contributed by atoms with Gasteiger partial charge in [-0.3, -0.25) is 0 Å². The molecular formula is C18H20N4O4. The number of aromatic nitrogens is 2. The summed E-state index contributed by atoms with van der Waals surface area (Å²) in [5.41, 5.74) is 0.966. The number of nitrogens with zero attached hydrogens (tertiary/aromatic N) is 3. The van der Waals surface area contributed by atoms with Crippen LogP contribution in [0.2, 0.25) is 0 Å². The van der Waals surface area contributed by atoms with Gasteiger partial charge in [-0.25, -0.2) is 14.8 Å². The van der Waals surface area contributed by atoms with Gasteiger partial charge in [0, 0.05) is 25.4 Å². The Labute approximate surface area is 151 Å². The van der Waals surface area contributed by atoms with E-state index in [-0.39, 0.29) is 18.9 Å². The molecule has 1 saturated heterocycles. The molecule has 1 fully saturated rings. The van der Waals surface area contributed by atoms with Crippen LogP contribution in [0.3, 0.4) is 0 Å². The summed E-state index contributed by atoms with van der Waals surface area (Å²) in [7, 11) is 0. The van der Waals surface area contributed by atoms with E-state index in [1.807, 2.05) is 18.2 Å². The first-order valence-corrected chi connectivity index (χ1v) is 8.62. The maximum atomic E-state index is 12.5. The van der Waals surface area contributed by atoms with Crippen molar-refractivity contribution in [2.24, 2.45) is 0 Å². The van der Waals surface area contributed by atoms with Gasteiger partial charge < -0.3 is 24.4 Å². The maximum absolute atomic E-state index is 12.5. The van der Waals surface area contributed by atoms with Gasteiger partial charge in [0.2, 0.25) is 12.7 Å². The first-order valence-electron chi connectivity index (χ1n) is 8.62. The van der Waals surface area contributed by atoms with Crippen LogP contribution in [0.5, 0.6) is 17.4 Å². The molecule has 8 heteroatoms. The molecule has 1 aromatic carbocycles. The van der Waals surface area contributed by atoms with E-state index >= 15 is 0 Å². The standard InChI is InChI=1S/C18H20N4O4/c23-18(20-9-13-3-4-15-16(8-13)25-12-24-15)22-7-1-2-14(10-22)26-17-5-6-19-11-21-17/h3-6,8,11,14H,1-2,7,9-10,12H2,(H,20,23). The minimum absolute atomic E-state index is 0.0602. The molecule has 0 spiro atoms. The molecule has 1 N–H and O–H groups in total. The Kier molecular flexibility index (Phi) is 4.72. The Hall–Kier alpha value is -3.03. The predicted molar refractivity (Wildman–Crippen MR) is 92.1 cm³/mol. The molecule has 8 nitrogen and oxygen atoms in total. The van der Waals surface area contributed by atoms with E-state index < -0.39 is 0 Å². The third-order valence-electron chi connectivity index (χ3n) is 4.39. The largest absolute Gasteiger partial charge is 0.472 e. The lowest BCUT2D eigenvalue weighted by molar-refractivity contribution is 0.0976. The average Bonchev–Trinajstić information content (AvgIpc) is 3.15. The second kappa shape index (κ2) is 7.47. The van der Waals surface area contributed by atoms with Gasteiger partial charge in [-0.05, 0) is 30.5 Å². The Morgan fingerprint density at radius 1 is 1.31 bits per heavy atom. The van der Waals surface area contributed by atoms with E-state index in [4.69, 9.17) is 14.2 Å². The topological polar surface area (TPSA) is 85.8 Å². The number of hydrogen-bond acceptors (Lipinski definition) is 6. The number of benzene rings is 1. The van der Waals surface area contributed by atoms with Crippen molar-refractivity contribution in [1.29, 1.82) is 0 Å². The number of nitrogens with one attached hydrogen (secondary N) is 1. The lowest BCUT2D eigenvalue weighted by atomic mass is 10.1. The average molecular weight is 356 g/mol. The van der Waals surface area contributed by atoms with E-state index in [0.717, 1.165) is 30.7 Å². The van der Waals surface area contributed by atoms with Crippen molar-refractivity contribution >= 4 is 6.03 Å². The zero-order chi connectivity index (χ0) is 17.8. The summed E-state index contributed by atoms with van der Waals surface area (Å²) in [6.07, 6.45) is 4.83. The SMILES string of the molecule is O=C(NCc1ccc2c(c1)OCO2)N1CCCC(Oc2ccncn2)C1. The molecule has 0 bridgehead atoms. The predicted octanol–water partition coefficient (Wildman–Crippen LogP) is 1.96. The molecule has 0 saturated carbocycles. The summed E-state index contributed by atoms with van der Waals surface area (Å²) < 4.78 is 16.5. The monoisotopic (exact) mass is 356 g/mol. The van der Waals surface area contributed by atoms with E-state index in [9.17, 15) is 4.79 Å². The highest BCUT2D eigenvalue weighted by Crippen LogP contribution is 2.32. The number of rotatable bonds is 4. The molecule has 1 unspecified atom stereocenters. The molecule has 2 aliphatic rings. The second-order valence-electron chi connectivity index (χ2n) is 6.22. The van der Waals surface area contributed by atoms with Crippen LogP contribution in [0.25, 0.3) is 0 Å². The molecule has 136 valence electrons. The molecule has 2 amide bonds. The van der Waals surface area contributed by atoms with Gasteiger partial charge >= 0.3 is 6.03 Å². The van der Waals surface area contributed by atoms with Gasteiger partial charge in [0.15, 0.2) is 11.5 Å². The Morgan fingerprint density at radius 2 is 2.23 bits per heavy atom. The minimum Gasteiger partial charge on any atom is -0.472 e. The highest BCUT2D eigenvalue weighted by Gasteiger charge is 2.25. The van der Waals surface area contributed by atoms with Gasteiger partial charge in [-0.1, -0.05) is 6.07 Å². The number of ether oxygens (including phenoxy) is 3. The summed E-state index contributed by atoms with van der Waals surface area (Å²) in [5, 5.41) is 2.95. The van der Waals surface area contributed by atoms with Crippen molar-refractivity contribution in [2.45, 2.75) is 25.5 Å². The fraction of sp³-hybridized carbons (Fsp3) is 0.389. The van der Waals surface area contributed by atoms with E-state index in [1.54, 1.807) is 17.2 Å². The summed E-state index contributed by atoms with van der Waals surface area (Å²) >= 11 is 0. The normalized spacial score (nSPS) is 18.5. The quantitative estimate of drug-likeness (QED) is 0.901. The second-order valence-corrected chi connectivity index (χ2v) is 6.22. The van der Waals surface area contributed by atoms with Crippen molar-refractivity contribution in [2.75, 3.05) is 19.9 Å². The van der Waals surface area contributed by atoms with Crippen LogP contribution in [0.4, 0.5) is 4.79 Å². The van der Waals surface area contributed by atoms with Gasteiger partial charge in [0.25, 0.3) is 0 Å². The van der Waals surface area contributed by atoms with Crippen molar-refractivity contribution < 1.29 is 19.0 Å². The number of carbonyl (C=O) groups excluding carboxylic acids is 1. The molecule has 26 heavy (non-hydrogen) atoms. The highest BCUT2D eigenvalue weighted by molar-refractivity contribution is 5.74. The van der Waals surface area contributed by atoms with Gasteiger partial charge in [-0.2, -0.15) is 0 Å². The third-order valence-corrected chi connectivity index (χ3v) is 4.39. The Bertz CT molecular complexity index is 771. The van der Waals surface area contributed by atoms with Crippen molar-refractivity contribution in [3.8, 4) is 17.4 Å².